The number of nitrogens with one attached hydrogen (secondary N) is 1. The van der Waals surface area contributed by atoms with Crippen molar-refractivity contribution in [2.24, 2.45) is 5.92 Å². The Hall–Kier alpha value is -3.32. The molecule has 0 spiro atoms. The molecule has 2 aromatic heterocycles. The molecule has 1 aromatic carbocycles. The average Bonchev–Trinajstić information content (AvgIpc) is 3.46. The topological polar surface area (TPSA) is 105 Å². The van der Waals surface area contributed by atoms with Crippen LogP contribution >= 0.6 is 11.8 Å². The summed E-state index contributed by atoms with van der Waals surface area (Å²) in [6, 6.07) is 11.9. The predicted octanol–water partition coefficient (Wildman–Crippen LogP) is 3.64. The number of aromatic nitrogens is 5. The van der Waals surface area contributed by atoms with E-state index in [4.69, 9.17) is 0 Å². The summed E-state index contributed by atoms with van der Waals surface area (Å²) in [5, 5.41) is 26.3. The fourth-order valence-electron chi connectivity index (χ4n) is 4.06. The highest BCUT2D eigenvalue weighted by molar-refractivity contribution is 7.99. The highest BCUT2D eigenvalue weighted by Crippen LogP contribution is 2.41. The van der Waals surface area contributed by atoms with Crippen LogP contribution in [0.5, 0.6) is 0 Å². The molecule has 0 radical (unpaired) electrons. The smallest absolute Gasteiger partial charge is 0.236 e. The van der Waals surface area contributed by atoms with Crippen molar-refractivity contribution in [3.63, 3.8) is 0 Å². The number of piperidine rings is 1. The summed E-state index contributed by atoms with van der Waals surface area (Å²) in [5.74, 6) is 2.01. The van der Waals surface area contributed by atoms with Crippen molar-refractivity contribution in [3.05, 3.63) is 42.1 Å². The van der Waals surface area contributed by atoms with Crippen molar-refractivity contribution in [2.45, 2.75) is 43.8 Å². The van der Waals surface area contributed by atoms with Crippen molar-refractivity contribution < 1.29 is 4.79 Å². The lowest BCUT2D eigenvalue weighted by Gasteiger charge is -2.31. The van der Waals surface area contributed by atoms with E-state index in [0.717, 1.165) is 48.6 Å². The minimum absolute atomic E-state index is 0.173. The number of carbonyl (C=O) groups is 1. The Balaban J connectivity index is 1.29. The molecule has 1 N–H and O–H groups in total. The minimum atomic E-state index is -0.215. The van der Waals surface area contributed by atoms with E-state index in [1.807, 2.05) is 30.3 Å². The number of rotatable bonds is 7. The van der Waals surface area contributed by atoms with Crippen LogP contribution in [0.25, 0.3) is 5.69 Å². The third-order valence-electron chi connectivity index (χ3n) is 6.11. The Bertz CT molecular complexity index is 1170. The predicted molar refractivity (Wildman–Crippen MR) is 127 cm³/mol. The molecule has 1 saturated carbocycles. The molecule has 9 nitrogen and oxygen atoms in total. The van der Waals surface area contributed by atoms with Crippen LogP contribution in [0.4, 0.5) is 11.8 Å². The van der Waals surface area contributed by atoms with Crippen LogP contribution in [0, 0.1) is 17.2 Å². The standard InChI is InChI=1S/C23H26N8OS/c1-16-9-11-29(12-10-16)22-27-28-23(30(22)18-7-8-18)33-15-20(32)26-21-17(13-24)14-25-31(21)19-5-3-2-4-6-19/h2-6,14,16,18H,7-12,15H2,1H3,(H,26,32). The van der Waals surface area contributed by atoms with Gasteiger partial charge in [0.05, 0.1) is 17.6 Å². The van der Waals surface area contributed by atoms with Gasteiger partial charge in [0.15, 0.2) is 11.0 Å². The molecule has 2 fully saturated rings. The first-order valence-electron chi connectivity index (χ1n) is 11.3. The largest absolute Gasteiger partial charge is 0.341 e. The first-order valence-corrected chi connectivity index (χ1v) is 12.3. The summed E-state index contributed by atoms with van der Waals surface area (Å²) < 4.78 is 3.78. The van der Waals surface area contributed by atoms with Crippen molar-refractivity contribution in [1.29, 1.82) is 5.26 Å². The lowest BCUT2D eigenvalue weighted by molar-refractivity contribution is -0.113. The van der Waals surface area contributed by atoms with Crippen LogP contribution in [-0.4, -0.2) is 49.3 Å². The van der Waals surface area contributed by atoms with Gasteiger partial charge >= 0.3 is 0 Å². The van der Waals surface area contributed by atoms with Crippen LogP contribution in [0.15, 0.2) is 41.7 Å². The maximum atomic E-state index is 12.8. The van der Waals surface area contributed by atoms with E-state index in [1.165, 1.54) is 30.8 Å². The quantitative estimate of drug-likeness (QED) is 0.535. The zero-order valence-electron chi connectivity index (χ0n) is 18.5. The van der Waals surface area contributed by atoms with Crippen LogP contribution in [-0.2, 0) is 4.79 Å². The zero-order chi connectivity index (χ0) is 22.8. The maximum absolute atomic E-state index is 12.8. The molecule has 33 heavy (non-hydrogen) atoms. The Morgan fingerprint density at radius 3 is 2.64 bits per heavy atom. The van der Waals surface area contributed by atoms with E-state index in [9.17, 15) is 10.1 Å². The van der Waals surface area contributed by atoms with E-state index in [-0.39, 0.29) is 11.7 Å². The summed E-state index contributed by atoms with van der Waals surface area (Å²) in [5.41, 5.74) is 1.09. The molecule has 10 heteroatoms. The van der Waals surface area contributed by atoms with Gasteiger partial charge in [-0.15, -0.1) is 10.2 Å². The number of carbonyl (C=O) groups excluding carboxylic acids is 1. The number of para-hydroxylation sites is 1. The highest BCUT2D eigenvalue weighted by atomic mass is 32.2. The molecule has 1 amide bonds. The van der Waals surface area contributed by atoms with Crippen molar-refractivity contribution in [2.75, 3.05) is 29.1 Å². The van der Waals surface area contributed by atoms with Gasteiger partial charge in [-0.25, -0.2) is 4.68 Å². The van der Waals surface area contributed by atoms with Crippen LogP contribution < -0.4 is 10.2 Å². The van der Waals surface area contributed by atoms with Gasteiger partial charge in [-0.1, -0.05) is 36.9 Å². The molecular formula is C23H26N8OS. The summed E-state index contributed by atoms with van der Waals surface area (Å²) in [6.07, 6.45) is 6.04. The summed E-state index contributed by atoms with van der Waals surface area (Å²) in [4.78, 5) is 15.2. The Morgan fingerprint density at radius 1 is 1.18 bits per heavy atom. The number of benzene rings is 1. The number of nitriles is 1. The van der Waals surface area contributed by atoms with Crippen LogP contribution in [0.3, 0.4) is 0 Å². The lowest BCUT2D eigenvalue weighted by atomic mass is 10.00. The van der Waals surface area contributed by atoms with Gasteiger partial charge < -0.3 is 10.2 Å². The monoisotopic (exact) mass is 462 g/mol. The van der Waals surface area contributed by atoms with E-state index < -0.39 is 0 Å². The maximum Gasteiger partial charge on any atom is 0.236 e. The Morgan fingerprint density at radius 2 is 1.94 bits per heavy atom. The van der Waals surface area contributed by atoms with E-state index >= 15 is 0 Å². The first-order chi connectivity index (χ1) is 16.1. The molecule has 170 valence electrons. The molecule has 0 atom stereocenters. The van der Waals surface area contributed by atoms with Gasteiger partial charge in [-0.05, 0) is 43.7 Å². The van der Waals surface area contributed by atoms with Gasteiger partial charge in [0, 0.05) is 19.1 Å². The van der Waals surface area contributed by atoms with Gasteiger partial charge in [-0.3, -0.25) is 9.36 Å². The lowest BCUT2D eigenvalue weighted by Crippen LogP contribution is -2.34. The molecule has 0 bridgehead atoms. The molecule has 0 unspecified atom stereocenters. The van der Waals surface area contributed by atoms with Crippen LogP contribution in [0.2, 0.25) is 0 Å². The molecule has 3 heterocycles. The van der Waals surface area contributed by atoms with Crippen molar-refractivity contribution >= 4 is 29.4 Å². The Kier molecular flexibility index (Phi) is 6.05. The molecule has 1 saturated heterocycles. The van der Waals surface area contributed by atoms with E-state index in [1.54, 1.807) is 4.68 Å². The second kappa shape index (κ2) is 9.27. The number of anilines is 2. The zero-order valence-corrected chi connectivity index (χ0v) is 19.3. The number of nitrogens with zero attached hydrogens (tertiary/aromatic N) is 7. The fraction of sp³-hybridized carbons (Fsp3) is 0.435. The molecule has 1 aliphatic carbocycles. The summed E-state index contributed by atoms with van der Waals surface area (Å²) in [6.45, 7) is 4.29. The van der Waals surface area contributed by atoms with E-state index in [2.05, 4.69) is 43.1 Å². The molecule has 5 rings (SSSR count). The molecule has 2 aliphatic rings. The number of hydrogen-bond donors (Lipinski definition) is 1. The first kappa shape index (κ1) is 21.5. The molecular weight excluding hydrogens is 436 g/mol. The fourth-order valence-corrected chi connectivity index (χ4v) is 4.86. The SMILES string of the molecule is CC1CCN(c2nnc(SCC(=O)Nc3c(C#N)cnn3-c3ccccc3)n2C2CC2)CC1. The van der Waals surface area contributed by atoms with Gasteiger partial charge in [0.1, 0.15) is 11.6 Å². The van der Waals surface area contributed by atoms with Crippen LogP contribution in [0.1, 0.15) is 44.2 Å². The van der Waals surface area contributed by atoms with Gasteiger partial charge in [-0.2, -0.15) is 10.4 Å². The van der Waals surface area contributed by atoms with Crippen molar-refractivity contribution in [3.8, 4) is 11.8 Å². The Labute approximate surface area is 196 Å². The number of amides is 1. The molecule has 1 aliphatic heterocycles. The van der Waals surface area contributed by atoms with Crippen molar-refractivity contribution in [1.82, 2.24) is 24.5 Å². The normalized spacial score (nSPS) is 16.5. The van der Waals surface area contributed by atoms with E-state index in [0.29, 0.717) is 17.4 Å². The second-order valence-electron chi connectivity index (χ2n) is 8.66. The van der Waals surface area contributed by atoms with Gasteiger partial charge in [0.25, 0.3) is 0 Å². The minimum Gasteiger partial charge on any atom is -0.341 e. The highest BCUT2D eigenvalue weighted by Gasteiger charge is 2.32. The number of hydrogen-bond acceptors (Lipinski definition) is 7. The third kappa shape index (κ3) is 4.59. The third-order valence-corrected chi connectivity index (χ3v) is 7.05. The summed E-state index contributed by atoms with van der Waals surface area (Å²) in [7, 11) is 0. The van der Waals surface area contributed by atoms with Gasteiger partial charge in [0.2, 0.25) is 11.9 Å². The summed E-state index contributed by atoms with van der Waals surface area (Å²) >= 11 is 1.38. The average molecular weight is 463 g/mol. The second-order valence-corrected chi connectivity index (χ2v) is 9.60. The molecule has 3 aromatic rings. The number of thioether (sulfide) groups is 1.